The first-order valence-corrected chi connectivity index (χ1v) is 2.87. The molecule has 0 aliphatic rings. The minimum Gasteiger partial charge on any atom is -0.446 e. The van der Waals surface area contributed by atoms with Crippen molar-refractivity contribution in [1.29, 1.82) is 5.26 Å². The van der Waals surface area contributed by atoms with Crippen LogP contribution >= 0.6 is 0 Å². The lowest BCUT2D eigenvalue weighted by Gasteiger charge is -1.93. The summed E-state index contributed by atoms with van der Waals surface area (Å²) in [5, 5.41) is 8.06. The van der Waals surface area contributed by atoms with Gasteiger partial charge < -0.3 is 9.72 Å². The quantitative estimate of drug-likeness (QED) is 0.607. The van der Waals surface area contributed by atoms with Crippen LogP contribution in [-0.4, -0.2) is 22.5 Å². The summed E-state index contributed by atoms with van der Waals surface area (Å²) in [5.41, 5.74) is 0.181. The van der Waals surface area contributed by atoms with E-state index >= 15 is 0 Å². The molecule has 0 radical (unpaired) electrons. The van der Waals surface area contributed by atoms with Gasteiger partial charge in [-0.3, -0.25) is 0 Å². The van der Waals surface area contributed by atoms with Crippen LogP contribution in [0.25, 0.3) is 0 Å². The van der Waals surface area contributed by atoms with E-state index in [4.69, 9.17) is 5.26 Å². The zero-order valence-corrected chi connectivity index (χ0v) is 5.57. The molecule has 0 saturated carbocycles. The van der Waals surface area contributed by atoms with Gasteiger partial charge in [0.25, 0.3) is 0 Å². The van der Waals surface area contributed by atoms with Gasteiger partial charge in [0.2, 0.25) is 0 Å². The fraction of sp³-hybridized carbons (Fsp3) is 0.167. The summed E-state index contributed by atoms with van der Waals surface area (Å²) in [7, 11) is 0. The van der Waals surface area contributed by atoms with Gasteiger partial charge in [0.05, 0.1) is 6.33 Å². The minimum atomic E-state index is -0.590. The van der Waals surface area contributed by atoms with Crippen LogP contribution in [0.2, 0.25) is 0 Å². The summed E-state index contributed by atoms with van der Waals surface area (Å²) < 4.78 is 4.45. The van der Waals surface area contributed by atoms with Crippen LogP contribution in [-0.2, 0) is 4.74 Å². The van der Waals surface area contributed by atoms with E-state index in [9.17, 15) is 4.79 Å². The highest BCUT2D eigenvalue weighted by atomic mass is 16.5. The molecule has 0 atom stereocenters. The number of ether oxygens (including phenoxy) is 1. The van der Waals surface area contributed by atoms with Crippen LogP contribution < -0.4 is 0 Å². The number of hydrogen-bond donors (Lipinski definition) is 1. The van der Waals surface area contributed by atoms with Gasteiger partial charge in [0.1, 0.15) is 6.07 Å². The van der Waals surface area contributed by atoms with E-state index in [0.29, 0.717) is 0 Å². The third-order valence-corrected chi connectivity index (χ3v) is 0.975. The van der Waals surface area contributed by atoms with Crippen molar-refractivity contribution in [3.05, 3.63) is 18.2 Å². The van der Waals surface area contributed by atoms with Gasteiger partial charge in [-0.25, -0.2) is 9.78 Å². The minimum absolute atomic E-state index is 0.181. The molecule has 0 amide bonds. The molecule has 0 aliphatic heterocycles. The van der Waals surface area contributed by atoms with Gasteiger partial charge in [0.15, 0.2) is 12.3 Å². The molecular formula is C6H5N3O2. The van der Waals surface area contributed by atoms with E-state index < -0.39 is 5.97 Å². The van der Waals surface area contributed by atoms with Gasteiger partial charge in [-0.05, 0) is 0 Å². The Morgan fingerprint density at radius 2 is 2.73 bits per heavy atom. The van der Waals surface area contributed by atoms with E-state index in [2.05, 4.69) is 14.7 Å². The molecule has 1 rings (SSSR count). The second-order valence-electron chi connectivity index (χ2n) is 1.69. The average molecular weight is 151 g/mol. The van der Waals surface area contributed by atoms with Crippen molar-refractivity contribution >= 4 is 5.97 Å². The Kier molecular flexibility index (Phi) is 2.23. The Hall–Kier alpha value is -1.83. The maximum Gasteiger partial charge on any atom is 0.359 e. The standard InChI is InChI=1S/C6H5N3O2/c7-1-2-11-6(10)5-3-8-4-9-5/h3-4H,2H2,(H,8,9). The van der Waals surface area contributed by atoms with Gasteiger partial charge in [-0.15, -0.1) is 0 Å². The molecular weight excluding hydrogens is 146 g/mol. The molecule has 0 fully saturated rings. The number of aromatic nitrogens is 2. The third kappa shape index (κ3) is 1.79. The Labute approximate surface area is 62.6 Å². The van der Waals surface area contributed by atoms with E-state index in [1.54, 1.807) is 6.07 Å². The van der Waals surface area contributed by atoms with Crippen molar-refractivity contribution in [3.63, 3.8) is 0 Å². The number of rotatable bonds is 2. The number of nitrogens with one attached hydrogen (secondary N) is 1. The molecule has 1 N–H and O–H groups in total. The normalized spacial score (nSPS) is 8.64. The Bertz CT molecular complexity index is 273. The lowest BCUT2D eigenvalue weighted by atomic mass is 10.5. The Balaban J connectivity index is 2.51. The molecule has 0 saturated heterocycles. The summed E-state index contributed by atoms with van der Waals surface area (Å²) in [6.45, 7) is -0.244. The highest BCUT2D eigenvalue weighted by Gasteiger charge is 2.07. The van der Waals surface area contributed by atoms with E-state index in [1.807, 2.05) is 0 Å². The van der Waals surface area contributed by atoms with Crippen LogP contribution in [0.1, 0.15) is 10.5 Å². The monoisotopic (exact) mass is 151 g/mol. The number of esters is 1. The number of hydrogen-bond acceptors (Lipinski definition) is 4. The van der Waals surface area contributed by atoms with Gasteiger partial charge in [-0.2, -0.15) is 5.26 Å². The lowest BCUT2D eigenvalue weighted by molar-refractivity contribution is 0.0549. The maximum absolute atomic E-state index is 10.8. The summed E-state index contributed by atoms with van der Waals surface area (Å²) in [5.74, 6) is -0.590. The van der Waals surface area contributed by atoms with E-state index in [0.717, 1.165) is 0 Å². The number of H-pyrrole nitrogens is 1. The SMILES string of the molecule is N#CCOC(=O)c1c[nH]cn1. The number of nitriles is 1. The summed E-state index contributed by atoms with van der Waals surface area (Å²) in [6, 6.07) is 1.68. The van der Waals surface area contributed by atoms with Crippen molar-refractivity contribution in [3.8, 4) is 6.07 Å². The molecule has 0 aliphatic carbocycles. The second-order valence-corrected chi connectivity index (χ2v) is 1.69. The molecule has 11 heavy (non-hydrogen) atoms. The van der Waals surface area contributed by atoms with Crippen LogP contribution in [0.4, 0.5) is 0 Å². The fourth-order valence-electron chi connectivity index (χ4n) is 0.544. The van der Waals surface area contributed by atoms with Crippen LogP contribution in [0, 0.1) is 11.3 Å². The van der Waals surface area contributed by atoms with Crippen LogP contribution in [0.15, 0.2) is 12.5 Å². The second kappa shape index (κ2) is 3.37. The number of nitrogens with zero attached hydrogens (tertiary/aromatic N) is 2. The van der Waals surface area contributed by atoms with Crippen molar-refractivity contribution in [2.75, 3.05) is 6.61 Å². The number of carbonyl (C=O) groups excluding carboxylic acids is 1. The Morgan fingerprint density at radius 1 is 1.91 bits per heavy atom. The zero-order chi connectivity index (χ0) is 8.10. The van der Waals surface area contributed by atoms with Crippen LogP contribution in [0.3, 0.4) is 0 Å². The Morgan fingerprint density at radius 3 is 3.27 bits per heavy atom. The number of imidazole rings is 1. The summed E-state index contributed by atoms with van der Waals surface area (Å²) in [4.78, 5) is 17.0. The smallest absolute Gasteiger partial charge is 0.359 e. The van der Waals surface area contributed by atoms with Crippen molar-refractivity contribution in [2.24, 2.45) is 0 Å². The lowest BCUT2D eigenvalue weighted by Crippen LogP contribution is -2.05. The number of aromatic amines is 1. The zero-order valence-electron chi connectivity index (χ0n) is 5.57. The first-order valence-electron chi connectivity index (χ1n) is 2.87. The molecule has 0 bridgehead atoms. The van der Waals surface area contributed by atoms with E-state index in [1.165, 1.54) is 12.5 Å². The summed E-state index contributed by atoms with van der Waals surface area (Å²) >= 11 is 0. The first-order chi connectivity index (χ1) is 5.34. The van der Waals surface area contributed by atoms with Crippen molar-refractivity contribution in [1.82, 2.24) is 9.97 Å². The molecule has 56 valence electrons. The first kappa shape index (κ1) is 7.28. The fourth-order valence-corrected chi connectivity index (χ4v) is 0.544. The highest BCUT2D eigenvalue weighted by molar-refractivity contribution is 5.86. The maximum atomic E-state index is 10.8. The molecule has 1 aromatic rings. The predicted molar refractivity (Wildman–Crippen MR) is 34.5 cm³/mol. The third-order valence-electron chi connectivity index (χ3n) is 0.975. The van der Waals surface area contributed by atoms with Gasteiger partial charge >= 0.3 is 5.97 Å². The molecule has 5 nitrogen and oxygen atoms in total. The van der Waals surface area contributed by atoms with Crippen molar-refractivity contribution < 1.29 is 9.53 Å². The molecule has 1 heterocycles. The van der Waals surface area contributed by atoms with Gasteiger partial charge in [-0.1, -0.05) is 0 Å². The largest absolute Gasteiger partial charge is 0.446 e. The molecule has 0 aromatic carbocycles. The molecule has 0 spiro atoms. The van der Waals surface area contributed by atoms with E-state index in [-0.39, 0.29) is 12.3 Å². The molecule has 1 aromatic heterocycles. The highest BCUT2D eigenvalue weighted by Crippen LogP contribution is 1.93. The predicted octanol–water partition coefficient (Wildman–Crippen LogP) is 0.0901. The molecule has 5 heteroatoms. The van der Waals surface area contributed by atoms with Crippen LogP contribution in [0.5, 0.6) is 0 Å². The number of carbonyl (C=O) groups is 1. The average Bonchev–Trinajstić information content (AvgIpc) is 2.52. The van der Waals surface area contributed by atoms with Crippen molar-refractivity contribution in [2.45, 2.75) is 0 Å². The summed E-state index contributed by atoms with van der Waals surface area (Å²) in [6.07, 6.45) is 2.77. The molecule has 0 unspecified atom stereocenters. The topological polar surface area (TPSA) is 78.8 Å². The van der Waals surface area contributed by atoms with Gasteiger partial charge in [0, 0.05) is 6.20 Å².